The van der Waals surface area contributed by atoms with Gasteiger partial charge in [0.1, 0.15) is 17.1 Å². The highest BCUT2D eigenvalue weighted by Crippen LogP contribution is 2.34. The minimum absolute atomic E-state index is 0.0221. The molecule has 8 nitrogen and oxygen atoms in total. The lowest BCUT2D eigenvalue weighted by atomic mass is 9.84. The molecule has 9 heteroatoms. The Bertz CT molecular complexity index is 1150. The summed E-state index contributed by atoms with van der Waals surface area (Å²) in [6.45, 7) is 2.35. The van der Waals surface area contributed by atoms with Crippen LogP contribution in [0.1, 0.15) is 49.1 Å². The zero-order valence-corrected chi connectivity index (χ0v) is 19.0. The van der Waals surface area contributed by atoms with Crippen LogP contribution in [-0.2, 0) is 4.79 Å². The Morgan fingerprint density at radius 1 is 1.03 bits per heavy atom. The SMILES string of the molecule is O=C(Nc1ccc(Cl)cn1)c1oc2ccncc2c1NC(=O)[C@H]1CC[C@H](N2CCCC2)CC1. The highest BCUT2D eigenvalue weighted by Gasteiger charge is 2.32. The van der Waals surface area contributed by atoms with Gasteiger partial charge in [-0.2, -0.15) is 0 Å². The van der Waals surface area contributed by atoms with Gasteiger partial charge in [-0.15, -0.1) is 0 Å². The van der Waals surface area contributed by atoms with Crippen LogP contribution < -0.4 is 10.6 Å². The molecule has 1 aliphatic carbocycles. The Morgan fingerprint density at radius 3 is 2.55 bits per heavy atom. The third-order valence-electron chi connectivity index (χ3n) is 6.64. The first-order valence-corrected chi connectivity index (χ1v) is 11.8. The van der Waals surface area contributed by atoms with Crippen molar-refractivity contribution >= 4 is 45.9 Å². The summed E-state index contributed by atoms with van der Waals surface area (Å²) in [6, 6.07) is 5.49. The maximum atomic E-state index is 13.2. The van der Waals surface area contributed by atoms with Gasteiger partial charge in [-0.25, -0.2) is 4.98 Å². The molecule has 1 aliphatic heterocycles. The monoisotopic (exact) mass is 467 g/mol. The van der Waals surface area contributed by atoms with Gasteiger partial charge in [-0.05, 0) is 69.8 Å². The first kappa shape index (κ1) is 21.9. The largest absolute Gasteiger partial charge is 0.448 e. The van der Waals surface area contributed by atoms with E-state index >= 15 is 0 Å². The zero-order valence-electron chi connectivity index (χ0n) is 18.2. The summed E-state index contributed by atoms with van der Waals surface area (Å²) in [4.78, 5) is 36.9. The fourth-order valence-corrected chi connectivity index (χ4v) is 5.00. The first-order valence-electron chi connectivity index (χ1n) is 11.4. The predicted molar refractivity (Wildman–Crippen MR) is 126 cm³/mol. The number of nitrogens with one attached hydrogen (secondary N) is 2. The van der Waals surface area contributed by atoms with Gasteiger partial charge >= 0.3 is 0 Å². The van der Waals surface area contributed by atoms with Crippen molar-refractivity contribution in [3.05, 3.63) is 47.6 Å². The van der Waals surface area contributed by atoms with Crippen molar-refractivity contribution in [2.24, 2.45) is 5.92 Å². The number of aromatic nitrogens is 2. The van der Waals surface area contributed by atoms with Crippen LogP contribution >= 0.6 is 11.6 Å². The number of hydrogen-bond donors (Lipinski definition) is 2. The number of pyridine rings is 2. The van der Waals surface area contributed by atoms with Crippen LogP contribution in [0.4, 0.5) is 11.5 Å². The van der Waals surface area contributed by atoms with Crippen LogP contribution in [0.3, 0.4) is 0 Å². The lowest BCUT2D eigenvalue weighted by Crippen LogP contribution is -2.38. The molecule has 3 aromatic heterocycles. The number of rotatable bonds is 5. The van der Waals surface area contributed by atoms with E-state index in [-0.39, 0.29) is 17.6 Å². The molecule has 2 N–H and O–H groups in total. The summed E-state index contributed by atoms with van der Waals surface area (Å²) in [5, 5.41) is 6.73. The van der Waals surface area contributed by atoms with Gasteiger partial charge in [0, 0.05) is 30.6 Å². The van der Waals surface area contributed by atoms with Crippen LogP contribution in [0, 0.1) is 5.92 Å². The maximum Gasteiger partial charge on any atom is 0.294 e. The van der Waals surface area contributed by atoms with Gasteiger partial charge < -0.3 is 20.0 Å². The summed E-state index contributed by atoms with van der Waals surface area (Å²) in [5.41, 5.74) is 0.823. The van der Waals surface area contributed by atoms with Crippen molar-refractivity contribution < 1.29 is 14.0 Å². The maximum absolute atomic E-state index is 13.2. The number of carbonyl (C=O) groups excluding carboxylic acids is 2. The van der Waals surface area contributed by atoms with E-state index in [1.165, 1.54) is 32.1 Å². The van der Waals surface area contributed by atoms with Crippen molar-refractivity contribution in [3.63, 3.8) is 0 Å². The molecular weight excluding hydrogens is 442 g/mol. The molecule has 0 unspecified atom stereocenters. The number of nitrogens with zero attached hydrogens (tertiary/aromatic N) is 3. The predicted octanol–water partition coefficient (Wildman–Crippen LogP) is 4.72. The molecule has 1 saturated heterocycles. The van der Waals surface area contributed by atoms with Crippen LogP contribution in [0.2, 0.25) is 5.02 Å². The van der Waals surface area contributed by atoms with E-state index in [9.17, 15) is 9.59 Å². The number of carbonyl (C=O) groups is 2. The molecule has 3 aromatic rings. The van der Waals surface area contributed by atoms with E-state index < -0.39 is 5.91 Å². The quantitative estimate of drug-likeness (QED) is 0.563. The summed E-state index contributed by atoms with van der Waals surface area (Å²) in [7, 11) is 0. The Labute approximate surface area is 196 Å². The molecule has 2 amide bonds. The number of anilines is 2. The van der Waals surface area contributed by atoms with Gasteiger partial charge in [-0.1, -0.05) is 11.6 Å². The number of halogens is 1. The third-order valence-corrected chi connectivity index (χ3v) is 6.86. The summed E-state index contributed by atoms with van der Waals surface area (Å²) >= 11 is 5.87. The van der Waals surface area contributed by atoms with Gasteiger partial charge in [0.15, 0.2) is 0 Å². The van der Waals surface area contributed by atoms with Crippen molar-refractivity contribution in [1.29, 1.82) is 0 Å². The lowest BCUT2D eigenvalue weighted by Gasteiger charge is -2.33. The van der Waals surface area contributed by atoms with Gasteiger partial charge in [0.2, 0.25) is 11.7 Å². The van der Waals surface area contributed by atoms with Crippen LogP contribution in [-0.4, -0.2) is 45.8 Å². The average Bonchev–Trinajstić information content (AvgIpc) is 3.50. The minimum Gasteiger partial charge on any atom is -0.448 e. The second-order valence-electron chi connectivity index (χ2n) is 8.73. The highest BCUT2D eigenvalue weighted by atomic mass is 35.5. The molecule has 4 heterocycles. The van der Waals surface area contributed by atoms with E-state index in [0.717, 1.165) is 25.7 Å². The molecule has 1 saturated carbocycles. The zero-order chi connectivity index (χ0) is 22.8. The molecule has 5 rings (SSSR count). The van der Waals surface area contributed by atoms with E-state index in [2.05, 4.69) is 25.5 Å². The molecule has 0 bridgehead atoms. The fourth-order valence-electron chi connectivity index (χ4n) is 4.88. The summed E-state index contributed by atoms with van der Waals surface area (Å²) in [5.74, 6) is -0.317. The lowest BCUT2D eigenvalue weighted by molar-refractivity contribution is -0.121. The Hall–Kier alpha value is -2.97. The number of likely N-dealkylation sites (tertiary alicyclic amines) is 1. The molecule has 172 valence electrons. The molecule has 0 aromatic carbocycles. The number of hydrogen-bond acceptors (Lipinski definition) is 6. The summed E-state index contributed by atoms with van der Waals surface area (Å²) < 4.78 is 5.80. The number of fused-ring (bicyclic) bond motifs is 1. The Morgan fingerprint density at radius 2 is 1.82 bits per heavy atom. The normalized spacial score (nSPS) is 21.2. The van der Waals surface area contributed by atoms with E-state index in [0.29, 0.717) is 33.5 Å². The smallest absolute Gasteiger partial charge is 0.294 e. The van der Waals surface area contributed by atoms with E-state index in [1.807, 2.05) is 0 Å². The second kappa shape index (κ2) is 9.49. The van der Waals surface area contributed by atoms with E-state index in [4.69, 9.17) is 16.0 Å². The van der Waals surface area contributed by atoms with Crippen molar-refractivity contribution in [3.8, 4) is 0 Å². The van der Waals surface area contributed by atoms with E-state index in [1.54, 1.807) is 30.6 Å². The van der Waals surface area contributed by atoms with Gasteiger partial charge in [-0.3, -0.25) is 14.6 Å². The summed E-state index contributed by atoms with van der Waals surface area (Å²) in [6.07, 6.45) is 10.9. The second-order valence-corrected chi connectivity index (χ2v) is 9.17. The van der Waals surface area contributed by atoms with Crippen LogP contribution in [0.15, 0.2) is 41.2 Å². The van der Waals surface area contributed by atoms with Crippen molar-refractivity contribution in [1.82, 2.24) is 14.9 Å². The molecule has 33 heavy (non-hydrogen) atoms. The molecule has 0 spiro atoms. The van der Waals surface area contributed by atoms with Gasteiger partial charge in [0.25, 0.3) is 5.91 Å². The first-order chi connectivity index (χ1) is 16.1. The number of amides is 2. The topological polar surface area (TPSA) is 100 Å². The minimum atomic E-state index is -0.505. The van der Waals surface area contributed by atoms with Gasteiger partial charge in [0.05, 0.1) is 10.4 Å². The van der Waals surface area contributed by atoms with Crippen molar-refractivity contribution in [2.75, 3.05) is 23.7 Å². The molecule has 2 aliphatic rings. The molecule has 2 fully saturated rings. The highest BCUT2D eigenvalue weighted by molar-refractivity contribution is 6.30. The Kier molecular flexibility index (Phi) is 6.28. The number of furan rings is 1. The molecular formula is C24H26ClN5O3. The fraction of sp³-hybridized carbons (Fsp3) is 0.417. The molecule has 0 radical (unpaired) electrons. The van der Waals surface area contributed by atoms with Crippen molar-refractivity contribution in [2.45, 2.75) is 44.6 Å². The van der Waals surface area contributed by atoms with Crippen LogP contribution in [0.25, 0.3) is 11.0 Å². The average molecular weight is 468 g/mol. The Balaban J connectivity index is 1.32. The molecule has 0 atom stereocenters. The standard InChI is InChI=1S/C24H26ClN5O3/c25-16-5-8-20(27-13-16)28-24(32)22-21(18-14-26-10-9-19(18)33-22)29-23(31)15-3-6-17(7-4-15)30-11-1-2-12-30/h5,8-10,13-15,17H,1-4,6-7,11-12H2,(H,29,31)(H,27,28,32)/t15-,17-. The van der Waals surface area contributed by atoms with Crippen LogP contribution in [0.5, 0.6) is 0 Å². The third kappa shape index (κ3) is 4.72.